The first-order chi connectivity index (χ1) is 8.72. The van der Waals surface area contributed by atoms with E-state index in [9.17, 15) is 4.79 Å². The van der Waals surface area contributed by atoms with Crippen molar-refractivity contribution in [1.82, 2.24) is 14.6 Å². The molecule has 1 N–H and O–H groups in total. The van der Waals surface area contributed by atoms with Gasteiger partial charge >= 0.3 is 5.97 Å². The van der Waals surface area contributed by atoms with E-state index in [4.69, 9.17) is 9.84 Å². The van der Waals surface area contributed by atoms with Crippen LogP contribution in [-0.4, -0.2) is 38.9 Å². The van der Waals surface area contributed by atoms with E-state index in [1.807, 2.05) is 0 Å². The van der Waals surface area contributed by atoms with Gasteiger partial charge in [-0.25, -0.2) is 14.3 Å². The van der Waals surface area contributed by atoms with Crippen molar-refractivity contribution >= 4 is 11.6 Å². The van der Waals surface area contributed by atoms with E-state index >= 15 is 0 Å². The minimum atomic E-state index is -0.960. The quantitative estimate of drug-likeness (QED) is 0.875. The zero-order valence-corrected chi connectivity index (χ0v) is 9.74. The molecule has 2 aromatic heterocycles. The third-order valence-electron chi connectivity index (χ3n) is 3.12. The summed E-state index contributed by atoms with van der Waals surface area (Å²) in [6, 6.07) is 3.21. The van der Waals surface area contributed by atoms with Crippen LogP contribution in [0.3, 0.4) is 0 Å². The van der Waals surface area contributed by atoms with Gasteiger partial charge in [0.2, 0.25) is 0 Å². The number of aromatic nitrogens is 3. The summed E-state index contributed by atoms with van der Waals surface area (Å²) >= 11 is 0. The third-order valence-corrected chi connectivity index (χ3v) is 3.12. The fourth-order valence-electron chi connectivity index (χ4n) is 2.14. The number of hydrogen-bond donors (Lipinski definition) is 1. The maximum absolute atomic E-state index is 10.9. The lowest BCUT2D eigenvalue weighted by Crippen LogP contribution is -2.05. The summed E-state index contributed by atoms with van der Waals surface area (Å²) in [6.45, 7) is 1.57. The van der Waals surface area contributed by atoms with Crippen molar-refractivity contribution in [3.63, 3.8) is 0 Å². The molecule has 3 heterocycles. The van der Waals surface area contributed by atoms with Crippen LogP contribution in [0.1, 0.15) is 22.6 Å². The lowest BCUT2D eigenvalue weighted by molar-refractivity contribution is 0.0696. The zero-order valence-electron chi connectivity index (χ0n) is 9.74. The molecule has 0 aromatic carbocycles. The molecular formula is C12H13N3O3. The first-order valence-corrected chi connectivity index (χ1v) is 5.89. The topological polar surface area (TPSA) is 76.7 Å². The first-order valence-electron chi connectivity index (χ1n) is 5.89. The fourth-order valence-corrected chi connectivity index (χ4v) is 2.14. The normalized spacial score (nSPS) is 19.4. The van der Waals surface area contributed by atoms with Gasteiger partial charge in [-0.15, -0.1) is 0 Å². The Hall–Kier alpha value is -1.95. The van der Waals surface area contributed by atoms with Crippen molar-refractivity contribution in [3.8, 4) is 0 Å². The minimum absolute atomic E-state index is 0.211. The van der Waals surface area contributed by atoms with Crippen LogP contribution < -0.4 is 0 Å². The molecular weight excluding hydrogens is 234 g/mol. The molecule has 3 rings (SSSR count). The highest BCUT2D eigenvalue weighted by atomic mass is 16.5. The van der Waals surface area contributed by atoms with Crippen molar-refractivity contribution < 1.29 is 14.6 Å². The molecule has 0 amide bonds. The maximum Gasteiger partial charge on any atom is 0.337 e. The molecule has 6 nitrogen and oxygen atoms in total. The molecule has 1 fully saturated rings. The Morgan fingerprint density at radius 3 is 3.17 bits per heavy atom. The number of carboxylic acids is 1. The Morgan fingerprint density at radius 1 is 1.56 bits per heavy atom. The molecule has 2 aromatic rings. The third kappa shape index (κ3) is 2.06. The minimum Gasteiger partial charge on any atom is -0.478 e. The van der Waals surface area contributed by atoms with E-state index in [1.54, 1.807) is 6.07 Å². The molecule has 1 atom stereocenters. The molecule has 0 saturated carbocycles. The van der Waals surface area contributed by atoms with E-state index in [1.165, 1.54) is 16.8 Å². The first kappa shape index (κ1) is 11.2. The summed E-state index contributed by atoms with van der Waals surface area (Å²) < 4.78 is 6.84. The Bertz CT molecular complexity index is 587. The number of aromatic carboxylic acids is 1. The van der Waals surface area contributed by atoms with Crippen LogP contribution in [0.25, 0.3) is 5.65 Å². The Balaban J connectivity index is 1.87. The number of fused-ring (bicyclic) bond motifs is 1. The number of carbonyl (C=O) groups is 1. The largest absolute Gasteiger partial charge is 0.478 e. The van der Waals surface area contributed by atoms with Crippen LogP contribution in [0, 0.1) is 5.92 Å². The highest BCUT2D eigenvalue weighted by Gasteiger charge is 2.18. The molecule has 18 heavy (non-hydrogen) atoms. The second kappa shape index (κ2) is 4.38. The van der Waals surface area contributed by atoms with Gasteiger partial charge in [-0.1, -0.05) is 0 Å². The predicted octanol–water partition coefficient (Wildman–Crippen LogP) is 1.01. The second-order valence-electron chi connectivity index (χ2n) is 4.49. The van der Waals surface area contributed by atoms with E-state index in [0.29, 0.717) is 11.6 Å². The number of nitrogens with zero attached hydrogens (tertiary/aromatic N) is 3. The summed E-state index contributed by atoms with van der Waals surface area (Å²) in [4.78, 5) is 15.2. The van der Waals surface area contributed by atoms with Crippen molar-refractivity contribution in [2.24, 2.45) is 5.92 Å². The number of ether oxygens (including phenoxy) is 1. The Labute approximate surface area is 103 Å². The molecule has 1 saturated heterocycles. The standard InChI is InChI=1S/C12H13N3O3/c16-12(17)9-1-2-11-13-10(14-15(11)6-9)5-8-3-4-18-7-8/h1-2,6,8H,3-5,7H2,(H,16,17). The van der Waals surface area contributed by atoms with Gasteiger partial charge in [0.05, 0.1) is 5.56 Å². The van der Waals surface area contributed by atoms with Gasteiger partial charge in [0.1, 0.15) is 0 Å². The van der Waals surface area contributed by atoms with Gasteiger partial charge in [-0.2, -0.15) is 5.10 Å². The molecule has 0 radical (unpaired) electrons. The van der Waals surface area contributed by atoms with Crippen LogP contribution in [0.2, 0.25) is 0 Å². The monoisotopic (exact) mass is 247 g/mol. The van der Waals surface area contributed by atoms with Gasteiger partial charge in [0.15, 0.2) is 11.5 Å². The highest BCUT2D eigenvalue weighted by molar-refractivity contribution is 5.87. The lowest BCUT2D eigenvalue weighted by atomic mass is 10.1. The van der Waals surface area contributed by atoms with Gasteiger partial charge in [0, 0.05) is 25.8 Å². The molecule has 1 aliphatic rings. The summed E-state index contributed by atoms with van der Waals surface area (Å²) in [5, 5.41) is 13.2. The van der Waals surface area contributed by atoms with Gasteiger partial charge in [-0.3, -0.25) is 0 Å². The second-order valence-corrected chi connectivity index (χ2v) is 4.49. The van der Waals surface area contributed by atoms with E-state index in [0.717, 1.165) is 31.9 Å². The predicted molar refractivity (Wildman–Crippen MR) is 62.6 cm³/mol. The summed E-state index contributed by atoms with van der Waals surface area (Å²) in [5.74, 6) is 0.257. The number of rotatable bonds is 3. The molecule has 0 bridgehead atoms. The van der Waals surface area contributed by atoms with Crippen molar-refractivity contribution in [3.05, 3.63) is 29.7 Å². The van der Waals surface area contributed by atoms with Gasteiger partial charge < -0.3 is 9.84 Å². The van der Waals surface area contributed by atoms with Crippen LogP contribution in [0.5, 0.6) is 0 Å². The molecule has 94 valence electrons. The van der Waals surface area contributed by atoms with Crippen LogP contribution in [-0.2, 0) is 11.2 Å². The van der Waals surface area contributed by atoms with Crippen molar-refractivity contribution in [2.75, 3.05) is 13.2 Å². The van der Waals surface area contributed by atoms with E-state index < -0.39 is 5.97 Å². The van der Waals surface area contributed by atoms with Crippen LogP contribution >= 0.6 is 0 Å². The van der Waals surface area contributed by atoms with Crippen LogP contribution in [0.15, 0.2) is 18.3 Å². The fraction of sp³-hybridized carbons (Fsp3) is 0.417. The van der Waals surface area contributed by atoms with Gasteiger partial charge in [-0.05, 0) is 24.5 Å². The van der Waals surface area contributed by atoms with Crippen molar-refractivity contribution in [1.29, 1.82) is 0 Å². The number of hydrogen-bond acceptors (Lipinski definition) is 4. The summed E-state index contributed by atoms with van der Waals surface area (Å²) in [5.41, 5.74) is 0.886. The molecule has 0 spiro atoms. The van der Waals surface area contributed by atoms with Gasteiger partial charge in [0.25, 0.3) is 0 Å². The summed E-state index contributed by atoms with van der Waals surface area (Å²) in [7, 11) is 0. The summed E-state index contributed by atoms with van der Waals surface area (Å²) in [6.07, 6.45) is 3.30. The number of carboxylic acid groups (broad SMARTS) is 1. The smallest absolute Gasteiger partial charge is 0.337 e. The SMILES string of the molecule is O=C(O)c1ccc2nc(CC3CCOC3)nn2c1. The van der Waals surface area contributed by atoms with E-state index in [2.05, 4.69) is 10.1 Å². The molecule has 1 aliphatic heterocycles. The Morgan fingerprint density at radius 2 is 2.44 bits per heavy atom. The highest BCUT2D eigenvalue weighted by Crippen LogP contribution is 2.17. The molecule has 6 heteroatoms. The average Bonchev–Trinajstić information content (AvgIpc) is 2.96. The zero-order chi connectivity index (χ0) is 12.5. The van der Waals surface area contributed by atoms with E-state index in [-0.39, 0.29) is 5.56 Å². The number of pyridine rings is 1. The Kier molecular flexibility index (Phi) is 2.71. The average molecular weight is 247 g/mol. The maximum atomic E-state index is 10.9. The molecule has 0 aliphatic carbocycles. The lowest BCUT2D eigenvalue weighted by Gasteiger charge is -2.01. The van der Waals surface area contributed by atoms with Crippen molar-refractivity contribution in [2.45, 2.75) is 12.8 Å². The molecule has 1 unspecified atom stereocenters. The van der Waals surface area contributed by atoms with Crippen LogP contribution in [0.4, 0.5) is 0 Å².